The zero-order valence-corrected chi connectivity index (χ0v) is 15.9. The predicted molar refractivity (Wildman–Crippen MR) is 102 cm³/mol. The van der Waals surface area contributed by atoms with E-state index in [-0.39, 0.29) is 6.04 Å². The highest BCUT2D eigenvalue weighted by Crippen LogP contribution is 2.32. The average Bonchev–Trinajstić information content (AvgIpc) is 3.09. The van der Waals surface area contributed by atoms with Crippen LogP contribution in [0.2, 0.25) is 0 Å². The number of carbonyl (C=O) groups excluding carboxylic acids is 1. The second-order valence-electron chi connectivity index (χ2n) is 8.14. The Morgan fingerprint density at radius 2 is 1.76 bits per heavy atom. The summed E-state index contributed by atoms with van der Waals surface area (Å²) < 4.78 is 0. The molecule has 1 amide bonds. The molecule has 0 unspecified atom stereocenters. The molecule has 2 atom stereocenters. The fraction of sp³-hybridized carbons (Fsp3) is 0.667. The summed E-state index contributed by atoms with van der Waals surface area (Å²) in [5.74, 6) is 0.366. The van der Waals surface area contributed by atoms with Gasteiger partial charge in [-0.05, 0) is 63.6 Å². The van der Waals surface area contributed by atoms with E-state index in [1.54, 1.807) is 0 Å². The van der Waals surface area contributed by atoms with Gasteiger partial charge in [0, 0.05) is 44.0 Å². The molecule has 0 aliphatic carbocycles. The van der Waals surface area contributed by atoms with Gasteiger partial charge in [0.1, 0.15) is 0 Å². The number of amides is 1. The van der Waals surface area contributed by atoms with Crippen LogP contribution >= 0.6 is 0 Å². The minimum absolute atomic E-state index is 0.0617. The number of fused-ring (bicyclic) bond motifs is 1. The Balaban J connectivity index is 1.43. The molecular formula is C21H31N3O. The van der Waals surface area contributed by atoms with Crippen molar-refractivity contribution in [2.45, 2.75) is 64.6 Å². The second-order valence-corrected chi connectivity index (χ2v) is 8.14. The van der Waals surface area contributed by atoms with Gasteiger partial charge in [-0.2, -0.15) is 0 Å². The number of carbonyl (C=O) groups is 1. The first-order valence-electron chi connectivity index (χ1n) is 9.93. The van der Waals surface area contributed by atoms with Gasteiger partial charge in [-0.15, -0.1) is 0 Å². The highest BCUT2D eigenvalue weighted by atomic mass is 16.2. The standard InChI is InChI=1S/C21H31N3O/c1-15-6-4-8-20(16(15)2)22-12-9-18(10-13-22)24-14-19-7-5-11-23(19)21(25)17(24)3/h4,6,8,17-19H,5,7,9-14H2,1-3H3/t17-,19-/m1/s1. The largest absolute Gasteiger partial charge is 0.371 e. The van der Waals surface area contributed by atoms with Crippen molar-refractivity contribution in [1.29, 1.82) is 0 Å². The lowest BCUT2D eigenvalue weighted by atomic mass is 9.96. The topological polar surface area (TPSA) is 26.8 Å². The maximum Gasteiger partial charge on any atom is 0.239 e. The molecule has 3 saturated heterocycles. The van der Waals surface area contributed by atoms with Gasteiger partial charge >= 0.3 is 0 Å². The van der Waals surface area contributed by atoms with Crippen molar-refractivity contribution < 1.29 is 4.79 Å². The van der Waals surface area contributed by atoms with Crippen LogP contribution in [0.4, 0.5) is 5.69 Å². The highest BCUT2D eigenvalue weighted by molar-refractivity contribution is 5.83. The Kier molecular flexibility index (Phi) is 4.48. The molecule has 4 rings (SSSR count). The number of anilines is 1. The lowest BCUT2D eigenvalue weighted by Gasteiger charge is -2.47. The first-order chi connectivity index (χ1) is 12.1. The number of hydrogen-bond acceptors (Lipinski definition) is 3. The molecule has 0 spiro atoms. The first kappa shape index (κ1) is 16.9. The van der Waals surface area contributed by atoms with Gasteiger partial charge in [0.05, 0.1) is 6.04 Å². The summed E-state index contributed by atoms with van der Waals surface area (Å²) in [6.45, 7) is 10.8. The van der Waals surface area contributed by atoms with Crippen molar-refractivity contribution in [3.8, 4) is 0 Å². The third-order valence-electron chi connectivity index (χ3n) is 6.79. The van der Waals surface area contributed by atoms with Crippen LogP contribution in [0.3, 0.4) is 0 Å². The van der Waals surface area contributed by atoms with Crippen LogP contribution < -0.4 is 4.90 Å². The number of rotatable bonds is 2. The number of piperidine rings is 1. The first-order valence-corrected chi connectivity index (χ1v) is 9.93. The van der Waals surface area contributed by atoms with E-state index in [4.69, 9.17) is 0 Å². The van der Waals surface area contributed by atoms with Gasteiger partial charge in [0.25, 0.3) is 0 Å². The summed E-state index contributed by atoms with van der Waals surface area (Å²) in [5, 5.41) is 0. The lowest BCUT2D eigenvalue weighted by Crippen LogP contribution is -2.62. The number of hydrogen-bond donors (Lipinski definition) is 0. The molecule has 3 fully saturated rings. The molecule has 0 aromatic heterocycles. The van der Waals surface area contributed by atoms with Crippen LogP contribution in [0.1, 0.15) is 43.7 Å². The minimum Gasteiger partial charge on any atom is -0.371 e. The predicted octanol–water partition coefficient (Wildman–Crippen LogP) is 2.97. The Bertz CT molecular complexity index is 651. The molecule has 4 heteroatoms. The van der Waals surface area contributed by atoms with Gasteiger partial charge in [-0.3, -0.25) is 9.69 Å². The van der Waals surface area contributed by atoms with Crippen molar-refractivity contribution in [3.63, 3.8) is 0 Å². The van der Waals surface area contributed by atoms with Crippen LogP contribution in [-0.2, 0) is 4.79 Å². The smallest absolute Gasteiger partial charge is 0.239 e. The SMILES string of the molecule is Cc1cccc(N2CCC(N3C[C@H]4CCCN4C(=O)[C@H]3C)CC2)c1C. The van der Waals surface area contributed by atoms with Crippen molar-refractivity contribution >= 4 is 11.6 Å². The molecule has 1 aromatic rings. The number of aryl methyl sites for hydroxylation is 1. The average molecular weight is 341 g/mol. The minimum atomic E-state index is 0.0617. The summed E-state index contributed by atoms with van der Waals surface area (Å²) in [6, 6.07) is 7.71. The van der Waals surface area contributed by atoms with Crippen LogP contribution in [0.15, 0.2) is 18.2 Å². The Morgan fingerprint density at radius 3 is 2.52 bits per heavy atom. The summed E-state index contributed by atoms with van der Waals surface area (Å²) >= 11 is 0. The maximum absolute atomic E-state index is 12.7. The van der Waals surface area contributed by atoms with Gasteiger partial charge in [-0.1, -0.05) is 12.1 Å². The van der Waals surface area contributed by atoms with E-state index in [0.29, 0.717) is 18.0 Å². The fourth-order valence-electron chi connectivity index (χ4n) is 5.08. The molecule has 3 aliphatic rings. The van der Waals surface area contributed by atoms with Crippen LogP contribution in [-0.4, -0.2) is 60.0 Å². The molecule has 0 N–H and O–H groups in total. The van der Waals surface area contributed by atoms with E-state index in [2.05, 4.69) is 53.7 Å². The molecule has 3 heterocycles. The Labute approximate surface area is 151 Å². The summed E-state index contributed by atoms with van der Waals surface area (Å²) in [6.07, 6.45) is 4.70. The highest BCUT2D eigenvalue weighted by Gasteiger charge is 2.43. The second kappa shape index (κ2) is 6.64. The van der Waals surface area contributed by atoms with E-state index >= 15 is 0 Å². The summed E-state index contributed by atoms with van der Waals surface area (Å²) in [7, 11) is 0. The van der Waals surface area contributed by atoms with Gasteiger partial charge < -0.3 is 9.80 Å². The summed E-state index contributed by atoms with van der Waals surface area (Å²) in [4.78, 5) is 19.9. The third-order valence-corrected chi connectivity index (χ3v) is 6.79. The maximum atomic E-state index is 12.7. The van der Waals surface area contributed by atoms with Crippen LogP contribution in [0.5, 0.6) is 0 Å². The van der Waals surface area contributed by atoms with Crippen molar-refractivity contribution in [2.24, 2.45) is 0 Å². The number of nitrogens with zero attached hydrogens (tertiary/aromatic N) is 3. The monoisotopic (exact) mass is 341 g/mol. The lowest BCUT2D eigenvalue weighted by molar-refractivity contribution is -0.145. The third kappa shape index (κ3) is 2.95. The van der Waals surface area contributed by atoms with E-state index in [1.807, 2.05) is 0 Å². The molecule has 3 aliphatic heterocycles. The quantitative estimate of drug-likeness (QED) is 0.827. The zero-order chi connectivity index (χ0) is 17.6. The van der Waals surface area contributed by atoms with Crippen LogP contribution in [0, 0.1) is 13.8 Å². The molecule has 0 bridgehead atoms. The summed E-state index contributed by atoms with van der Waals surface area (Å²) in [5.41, 5.74) is 4.17. The van der Waals surface area contributed by atoms with E-state index in [9.17, 15) is 4.79 Å². The van der Waals surface area contributed by atoms with Crippen molar-refractivity contribution in [3.05, 3.63) is 29.3 Å². The molecule has 136 valence electrons. The fourth-order valence-corrected chi connectivity index (χ4v) is 5.08. The molecule has 25 heavy (non-hydrogen) atoms. The van der Waals surface area contributed by atoms with Crippen molar-refractivity contribution in [2.75, 3.05) is 31.1 Å². The van der Waals surface area contributed by atoms with Crippen LogP contribution in [0.25, 0.3) is 0 Å². The molecule has 1 aromatic carbocycles. The number of piperazine rings is 1. The van der Waals surface area contributed by atoms with Crippen molar-refractivity contribution in [1.82, 2.24) is 9.80 Å². The van der Waals surface area contributed by atoms with E-state index in [0.717, 1.165) is 39.0 Å². The molecule has 4 nitrogen and oxygen atoms in total. The molecule has 0 saturated carbocycles. The zero-order valence-electron chi connectivity index (χ0n) is 15.9. The van der Waals surface area contributed by atoms with Gasteiger partial charge in [0.2, 0.25) is 5.91 Å². The van der Waals surface area contributed by atoms with Gasteiger partial charge in [-0.25, -0.2) is 0 Å². The van der Waals surface area contributed by atoms with E-state index in [1.165, 1.54) is 29.7 Å². The Morgan fingerprint density at radius 1 is 1.00 bits per heavy atom. The normalized spacial score (nSPS) is 28.5. The molecule has 0 radical (unpaired) electrons. The van der Waals surface area contributed by atoms with E-state index < -0.39 is 0 Å². The Hall–Kier alpha value is -1.55. The molecular weight excluding hydrogens is 310 g/mol. The number of benzene rings is 1. The van der Waals surface area contributed by atoms with Gasteiger partial charge in [0.15, 0.2) is 0 Å².